The number of nitrogens with zero attached hydrogens (tertiary/aromatic N) is 2. The van der Waals surface area contributed by atoms with Crippen molar-refractivity contribution >= 4 is 27.3 Å². The number of hydrazine groups is 1. The minimum Gasteiger partial charge on any atom is -0.363 e. The van der Waals surface area contributed by atoms with Crippen molar-refractivity contribution in [1.29, 1.82) is 0 Å². The summed E-state index contributed by atoms with van der Waals surface area (Å²) in [6, 6.07) is 2.56. The van der Waals surface area contributed by atoms with E-state index in [2.05, 4.69) is 20.4 Å². The molecule has 1 aromatic rings. The fraction of sp³-hybridized carbons (Fsp3) is 0.375. The highest BCUT2D eigenvalue weighted by molar-refractivity contribution is 7.89. The first kappa shape index (κ1) is 15.1. The first-order valence-corrected chi connectivity index (χ1v) is 6.82. The Morgan fingerprint density at radius 3 is 2.68 bits per heavy atom. The number of pyridine rings is 1. The molecule has 11 heteroatoms. The molecule has 19 heavy (non-hydrogen) atoms. The van der Waals surface area contributed by atoms with Crippen LogP contribution in [0.1, 0.15) is 0 Å². The van der Waals surface area contributed by atoms with Gasteiger partial charge in [-0.2, -0.15) is 0 Å². The minimum atomic E-state index is -3.39. The van der Waals surface area contributed by atoms with Gasteiger partial charge in [0.15, 0.2) is 0 Å². The van der Waals surface area contributed by atoms with Crippen molar-refractivity contribution in [2.24, 2.45) is 5.84 Å². The van der Waals surface area contributed by atoms with E-state index in [4.69, 9.17) is 5.84 Å². The van der Waals surface area contributed by atoms with E-state index in [0.29, 0.717) is 0 Å². The van der Waals surface area contributed by atoms with Gasteiger partial charge in [0.05, 0.1) is 10.7 Å². The van der Waals surface area contributed by atoms with Gasteiger partial charge < -0.3 is 10.7 Å². The molecule has 0 amide bonds. The molecule has 10 nitrogen and oxygen atoms in total. The molecule has 0 aliphatic carbocycles. The van der Waals surface area contributed by atoms with Crippen LogP contribution in [0.5, 0.6) is 0 Å². The van der Waals surface area contributed by atoms with E-state index >= 15 is 0 Å². The Hall–Kier alpha value is -1.98. The van der Waals surface area contributed by atoms with Crippen LogP contribution in [0.3, 0.4) is 0 Å². The molecule has 5 N–H and O–H groups in total. The number of anilines is 2. The predicted molar refractivity (Wildman–Crippen MR) is 70.0 cm³/mol. The normalized spacial score (nSPS) is 11.1. The summed E-state index contributed by atoms with van der Waals surface area (Å²) in [4.78, 5) is 14.0. The lowest BCUT2D eigenvalue weighted by Crippen LogP contribution is -2.26. The third-order valence-electron chi connectivity index (χ3n) is 2.19. The van der Waals surface area contributed by atoms with Crippen LogP contribution in [0.25, 0.3) is 0 Å². The second kappa shape index (κ2) is 6.26. The van der Waals surface area contributed by atoms with Crippen molar-refractivity contribution in [3.05, 3.63) is 22.2 Å². The van der Waals surface area contributed by atoms with Crippen LogP contribution in [0.2, 0.25) is 0 Å². The summed E-state index contributed by atoms with van der Waals surface area (Å²) in [7, 11) is -2.10. The Bertz CT molecular complexity index is 560. The van der Waals surface area contributed by atoms with Crippen molar-refractivity contribution in [2.45, 2.75) is 0 Å². The highest BCUT2D eigenvalue weighted by atomic mass is 32.2. The van der Waals surface area contributed by atoms with Crippen LogP contribution in [0.15, 0.2) is 12.1 Å². The Labute approximate surface area is 109 Å². The standard InChI is InChI=1S/C8H14N6O4S/c1-10-19(17,18)5-4-11-8-6(14(15)16)2-3-7(12-8)13-9/h2-3,10H,4-5,9H2,1H3,(H2,11,12,13). The van der Waals surface area contributed by atoms with Crippen LogP contribution in [0.4, 0.5) is 17.3 Å². The Morgan fingerprint density at radius 1 is 1.47 bits per heavy atom. The Balaban J connectivity index is 2.84. The first-order valence-electron chi connectivity index (χ1n) is 5.17. The van der Waals surface area contributed by atoms with Crippen LogP contribution < -0.4 is 21.3 Å². The van der Waals surface area contributed by atoms with Gasteiger partial charge >= 0.3 is 5.69 Å². The highest BCUT2D eigenvalue weighted by Crippen LogP contribution is 2.23. The number of hydrogen-bond donors (Lipinski definition) is 4. The molecule has 0 radical (unpaired) electrons. The topological polar surface area (TPSA) is 152 Å². The fourth-order valence-corrected chi connectivity index (χ4v) is 1.79. The highest BCUT2D eigenvalue weighted by Gasteiger charge is 2.16. The number of nitro groups is 1. The van der Waals surface area contributed by atoms with Crippen molar-refractivity contribution < 1.29 is 13.3 Å². The van der Waals surface area contributed by atoms with Gasteiger partial charge in [0, 0.05) is 12.6 Å². The fourth-order valence-electron chi connectivity index (χ4n) is 1.22. The molecule has 1 rings (SSSR count). The number of hydrogen-bond acceptors (Lipinski definition) is 8. The lowest BCUT2D eigenvalue weighted by molar-refractivity contribution is -0.384. The number of sulfonamides is 1. The summed E-state index contributed by atoms with van der Waals surface area (Å²) >= 11 is 0. The van der Waals surface area contributed by atoms with Gasteiger partial charge in [-0.15, -0.1) is 0 Å². The molecule has 0 bridgehead atoms. The molecule has 106 valence electrons. The van der Waals surface area contributed by atoms with Gasteiger partial charge in [-0.3, -0.25) is 10.1 Å². The third-order valence-corrected chi connectivity index (χ3v) is 3.56. The molecule has 0 spiro atoms. The molecule has 0 aromatic carbocycles. The molecule has 1 aromatic heterocycles. The lowest BCUT2D eigenvalue weighted by atomic mass is 10.3. The smallest absolute Gasteiger partial charge is 0.311 e. The maximum absolute atomic E-state index is 11.2. The Kier molecular flexibility index (Phi) is 4.97. The van der Waals surface area contributed by atoms with E-state index < -0.39 is 14.9 Å². The van der Waals surface area contributed by atoms with E-state index in [1.54, 1.807) is 0 Å². The third kappa shape index (κ3) is 4.31. The average Bonchev–Trinajstić information content (AvgIpc) is 2.38. The summed E-state index contributed by atoms with van der Waals surface area (Å²) in [5.74, 6) is 5.09. The van der Waals surface area contributed by atoms with E-state index in [9.17, 15) is 18.5 Å². The van der Waals surface area contributed by atoms with Crippen molar-refractivity contribution in [3.8, 4) is 0 Å². The number of nitrogen functional groups attached to an aromatic ring is 1. The predicted octanol–water partition coefficient (Wildman–Crippen LogP) is -0.763. The molecule has 0 unspecified atom stereocenters. The van der Waals surface area contributed by atoms with Crippen LogP contribution in [-0.4, -0.2) is 37.7 Å². The van der Waals surface area contributed by atoms with Gasteiger partial charge in [-0.1, -0.05) is 0 Å². The Morgan fingerprint density at radius 2 is 2.16 bits per heavy atom. The molecular weight excluding hydrogens is 276 g/mol. The summed E-state index contributed by atoms with van der Waals surface area (Å²) in [6.45, 7) is -0.0228. The first-order chi connectivity index (χ1) is 8.89. The quantitative estimate of drug-likeness (QED) is 0.290. The molecule has 0 aliphatic heterocycles. The zero-order valence-corrected chi connectivity index (χ0v) is 10.9. The lowest BCUT2D eigenvalue weighted by Gasteiger charge is -2.08. The van der Waals surface area contributed by atoms with E-state index in [0.717, 1.165) is 0 Å². The van der Waals surface area contributed by atoms with Gasteiger partial charge in [-0.05, 0) is 13.1 Å². The van der Waals surface area contributed by atoms with Gasteiger partial charge in [0.2, 0.25) is 15.8 Å². The molecular formula is C8H14N6O4S. The van der Waals surface area contributed by atoms with E-state index in [1.807, 2.05) is 0 Å². The molecule has 0 atom stereocenters. The van der Waals surface area contributed by atoms with Crippen LogP contribution >= 0.6 is 0 Å². The number of nitrogens with one attached hydrogen (secondary N) is 3. The second-order valence-corrected chi connectivity index (χ2v) is 5.46. The van der Waals surface area contributed by atoms with E-state index in [-0.39, 0.29) is 29.6 Å². The number of rotatable bonds is 7. The van der Waals surface area contributed by atoms with Gasteiger partial charge in [0.1, 0.15) is 5.82 Å². The zero-order chi connectivity index (χ0) is 14.5. The monoisotopic (exact) mass is 290 g/mol. The van der Waals surface area contributed by atoms with Gasteiger partial charge in [0.25, 0.3) is 0 Å². The van der Waals surface area contributed by atoms with Crippen LogP contribution in [0, 0.1) is 10.1 Å². The SMILES string of the molecule is CNS(=O)(=O)CCNc1nc(NN)ccc1[N+](=O)[O-]. The van der Waals surface area contributed by atoms with Crippen molar-refractivity contribution in [3.63, 3.8) is 0 Å². The minimum absolute atomic E-state index is 0.0228. The van der Waals surface area contributed by atoms with Crippen molar-refractivity contribution in [1.82, 2.24) is 9.71 Å². The van der Waals surface area contributed by atoms with Crippen molar-refractivity contribution in [2.75, 3.05) is 30.1 Å². The second-order valence-electron chi connectivity index (χ2n) is 3.42. The molecule has 0 saturated heterocycles. The maximum Gasteiger partial charge on any atom is 0.311 e. The molecule has 0 fully saturated rings. The van der Waals surface area contributed by atoms with E-state index in [1.165, 1.54) is 19.2 Å². The number of aromatic nitrogens is 1. The number of nitrogens with two attached hydrogens (primary N) is 1. The average molecular weight is 290 g/mol. The van der Waals surface area contributed by atoms with Gasteiger partial charge in [-0.25, -0.2) is 24.0 Å². The van der Waals surface area contributed by atoms with Crippen LogP contribution in [-0.2, 0) is 10.0 Å². The zero-order valence-electron chi connectivity index (χ0n) is 10.1. The summed E-state index contributed by atoms with van der Waals surface area (Å²) in [5.41, 5.74) is 1.98. The summed E-state index contributed by atoms with van der Waals surface area (Å²) in [6.07, 6.45) is 0. The molecule has 0 saturated carbocycles. The summed E-state index contributed by atoms with van der Waals surface area (Å²) in [5, 5.41) is 13.4. The summed E-state index contributed by atoms with van der Waals surface area (Å²) < 4.78 is 24.5. The molecule has 1 heterocycles. The maximum atomic E-state index is 11.2. The molecule has 0 aliphatic rings. The largest absolute Gasteiger partial charge is 0.363 e.